The summed E-state index contributed by atoms with van der Waals surface area (Å²) in [5.41, 5.74) is 5.53. The van der Waals surface area contributed by atoms with Gasteiger partial charge in [0.2, 0.25) is 5.91 Å². The molecule has 4 heteroatoms. The SMILES string of the molecule is CC[C@@H]1CN(C(=O)[C@@H](C)N)CC[C@@H]1O. The Bertz CT molecular complexity index is 206. The summed E-state index contributed by atoms with van der Waals surface area (Å²) in [5.74, 6) is 0.210. The second-order valence-electron chi connectivity index (χ2n) is 4.10. The molecule has 0 aromatic rings. The highest BCUT2D eigenvalue weighted by molar-refractivity contribution is 5.81. The maximum Gasteiger partial charge on any atom is 0.239 e. The average Bonchev–Trinajstić information content (AvgIpc) is 2.17. The van der Waals surface area contributed by atoms with E-state index in [1.54, 1.807) is 11.8 Å². The minimum Gasteiger partial charge on any atom is -0.393 e. The summed E-state index contributed by atoms with van der Waals surface area (Å²) in [6, 6.07) is -0.428. The number of nitrogens with zero attached hydrogens (tertiary/aromatic N) is 1. The molecule has 1 rings (SSSR count). The molecule has 0 radical (unpaired) electrons. The van der Waals surface area contributed by atoms with Crippen molar-refractivity contribution in [3.63, 3.8) is 0 Å². The lowest BCUT2D eigenvalue weighted by molar-refractivity contribution is -0.136. The summed E-state index contributed by atoms with van der Waals surface area (Å²) < 4.78 is 0. The molecular formula is C10H20N2O2. The van der Waals surface area contributed by atoms with Crippen LogP contribution in [0.15, 0.2) is 0 Å². The largest absolute Gasteiger partial charge is 0.393 e. The van der Waals surface area contributed by atoms with Crippen LogP contribution in [0.2, 0.25) is 0 Å². The molecule has 82 valence electrons. The highest BCUT2D eigenvalue weighted by Gasteiger charge is 2.29. The van der Waals surface area contributed by atoms with Crippen LogP contribution in [0, 0.1) is 5.92 Å². The number of carbonyl (C=O) groups excluding carboxylic acids is 1. The van der Waals surface area contributed by atoms with Crippen LogP contribution in [-0.4, -0.2) is 41.1 Å². The fourth-order valence-electron chi connectivity index (χ4n) is 1.91. The van der Waals surface area contributed by atoms with Gasteiger partial charge in [-0.2, -0.15) is 0 Å². The van der Waals surface area contributed by atoms with Gasteiger partial charge in [-0.25, -0.2) is 0 Å². The zero-order valence-electron chi connectivity index (χ0n) is 8.94. The van der Waals surface area contributed by atoms with Gasteiger partial charge in [0.15, 0.2) is 0 Å². The zero-order chi connectivity index (χ0) is 10.7. The van der Waals surface area contributed by atoms with Gasteiger partial charge in [-0.3, -0.25) is 4.79 Å². The molecule has 0 bridgehead atoms. The standard InChI is InChI=1S/C10H20N2O2/c1-3-8-6-12(5-4-9(8)13)10(14)7(2)11/h7-9,13H,3-6,11H2,1-2H3/t7-,8-,9+/m1/s1. The van der Waals surface area contributed by atoms with E-state index in [0.717, 1.165) is 6.42 Å². The molecule has 1 fully saturated rings. The lowest BCUT2D eigenvalue weighted by atomic mass is 9.92. The summed E-state index contributed by atoms with van der Waals surface area (Å²) in [6.45, 7) is 5.03. The van der Waals surface area contributed by atoms with Gasteiger partial charge in [0, 0.05) is 19.0 Å². The van der Waals surface area contributed by atoms with Crippen molar-refractivity contribution in [3.05, 3.63) is 0 Å². The Morgan fingerprint density at radius 2 is 2.36 bits per heavy atom. The van der Waals surface area contributed by atoms with Crippen molar-refractivity contribution in [2.24, 2.45) is 11.7 Å². The Morgan fingerprint density at radius 1 is 1.71 bits per heavy atom. The fraction of sp³-hybridized carbons (Fsp3) is 0.900. The molecular weight excluding hydrogens is 180 g/mol. The van der Waals surface area contributed by atoms with Crippen LogP contribution in [-0.2, 0) is 4.79 Å². The average molecular weight is 200 g/mol. The van der Waals surface area contributed by atoms with E-state index in [9.17, 15) is 9.90 Å². The van der Waals surface area contributed by atoms with Crippen LogP contribution in [0.4, 0.5) is 0 Å². The minimum atomic E-state index is -0.428. The van der Waals surface area contributed by atoms with Gasteiger partial charge in [-0.15, -0.1) is 0 Å². The molecule has 3 N–H and O–H groups in total. The second kappa shape index (κ2) is 4.75. The second-order valence-corrected chi connectivity index (χ2v) is 4.10. The van der Waals surface area contributed by atoms with Crippen LogP contribution < -0.4 is 5.73 Å². The van der Waals surface area contributed by atoms with E-state index < -0.39 is 6.04 Å². The number of amides is 1. The first kappa shape index (κ1) is 11.5. The van der Waals surface area contributed by atoms with Gasteiger partial charge in [0.25, 0.3) is 0 Å². The number of likely N-dealkylation sites (tertiary alicyclic amines) is 1. The van der Waals surface area contributed by atoms with Crippen molar-refractivity contribution < 1.29 is 9.90 Å². The molecule has 3 atom stereocenters. The Hall–Kier alpha value is -0.610. The van der Waals surface area contributed by atoms with Crippen molar-refractivity contribution in [2.75, 3.05) is 13.1 Å². The number of aliphatic hydroxyl groups excluding tert-OH is 1. The molecule has 14 heavy (non-hydrogen) atoms. The van der Waals surface area contributed by atoms with E-state index in [1.807, 2.05) is 6.92 Å². The minimum absolute atomic E-state index is 0.00431. The van der Waals surface area contributed by atoms with Crippen molar-refractivity contribution in [3.8, 4) is 0 Å². The van der Waals surface area contributed by atoms with E-state index in [2.05, 4.69) is 0 Å². The van der Waals surface area contributed by atoms with E-state index in [1.165, 1.54) is 0 Å². The molecule has 1 aliphatic heterocycles. The lowest BCUT2D eigenvalue weighted by Gasteiger charge is -2.36. The molecule has 0 spiro atoms. The van der Waals surface area contributed by atoms with Crippen LogP contribution >= 0.6 is 0 Å². The van der Waals surface area contributed by atoms with Crippen LogP contribution in [0.3, 0.4) is 0 Å². The molecule has 4 nitrogen and oxygen atoms in total. The van der Waals surface area contributed by atoms with Crippen molar-refractivity contribution in [2.45, 2.75) is 38.8 Å². The normalized spacial score (nSPS) is 30.1. The van der Waals surface area contributed by atoms with E-state index in [0.29, 0.717) is 19.5 Å². The van der Waals surface area contributed by atoms with Gasteiger partial charge in [0.1, 0.15) is 0 Å². The predicted octanol–water partition coefficient (Wildman–Crippen LogP) is -0.0470. The molecule has 0 aliphatic carbocycles. The number of hydrogen-bond donors (Lipinski definition) is 2. The summed E-state index contributed by atoms with van der Waals surface area (Å²) >= 11 is 0. The zero-order valence-corrected chi connectivity index (χ0v) is 8.94. The lowest BCUT2D eigenvalue weighted by Crippen LogP contribution is -2.50. The Kier molecular flexibility index (Phi) is 3.89. The first-order chi connectivity index (χ1) is 6.56. The first-order valence-electron chi connectivity index (χ1n) is 5.28. The predicted molar refractivity (Wildman–Crippen MR) is 54.6 cm³/mol. The fourth-order valence-corrected chi connectivity index (χ4v) is 1.91. The third-order valence-corrected chi connectivity index (χ3v) is 2.92. The molecule has 1 heterocycles. The van der Waals surface area contributed by atoms with Gasteiger partial charge >= 0.3 is 0 Å². The van der Waals surface area contributed by atoms with Crippen molar-refractivity contribution in [1.29, 1.82) is 0 Å². The molecule has 1 amide bonds. The Balaban J connectivity index is 2.54. The summed E-state index contributed by atoms with van der Waals surface area (Å²) in [5, 5.41) is 9.64. The van der Waals surface area contributed by atoms with E-state index in [-0.39, 0.29) is 17.9 Å². The van der Waals surface area contributed by atoms with E-state index in [4.69, 9.17) is 5.73 Å². The maximum atomic E-state index is 11.6. The summed E-state index contributed by atoms with van der Waals surface area (Å²) in [7, 11) is 0. The highest BCUT2D eigenvalue weighted by atomic mass is 16.3. The Morgan fingerprint density at radius 3 is 2.86 bits per heavy atom. The number of piperidine rings is 1. The van der Waals surface area contributed by atoms with Gasteiger partial charge in [0.05, 0.1) is 12.1 Å². The third kappa shape index (κ3) is 2.45. The molecule has 0 saturated carbocycles. The summed E-state index contributed by atoms with van der Waals surface area (Å²) in [4.78, 5) is 13.4. The maximum absolute atomic E-state index is 11.6. The van der Waals surface area contributed by atoms with Gasteiger partial charge < -0.3 is 15.7 Å². The van der Waals surface area contributed by atoms with Crippen LogP contribution in [0.5, 0.6) is 0 Å². The molecule has 0 aromatic heterocycles. The number of nitrogens with two attached hydrogens (primary N) is 1. The van der Waals surface area contributed by atoms with Gasteiger partial charge in [-0.05, 0) is 19.8 Å². The van der Waals surface area contributed by atoms with Crippen molar-refractivity contribution >= 4 is 5.91 Å². The topological polar surface area (TPSA) is 66.6 Å². The highest BCUT2D eigenvalue weighted by Crippen LogP contribution is 2.20. The van der Waals surface area contributed by atoms with Crippen LogP contribution in [0.1, 0.15) is 26.7 Å². The number of rotatable bonds is 2. The number of aliphatic hydroxyl groups is 1. The molecule has 0 aromatic carbocycles. The molecule has 1 aliphatic rings. The van der Waals surface area contributed by atoms with Crippen LogP contribution in [0.25, 0.3) is 0 Å². The summed E-state index contributed by atoms with van der Waals surface area (Å²) in [6.07, 6.45) is 1.33. The van der Waals surface area contributed by atoms with Gasteiger partial charge in [-0.1, -0.05) is 6.92 Å². The molecule has 0 unspecified atom stereocenters. The Labute approximate surface area is 85.1 Å². The smallest absolute Gasteiger partial charge is 0.239 e. The van der Waals surface area contributed by atoms with Crippen molar-refractivity contribution in [1.82, 2.24) is 4.90 Å². The first-order valence-corrected chi connectivity index (χ1v) is 5.28. The number of carbonyl (C=O) groups is 1. The quantitative estimate of drug-likeness (QED) is 0.657. The monoisotopic (exact) mass is 200 g/mol. The van der Waals surface area contributed by atoms with E-state index >= 15 is 0 Å². The third-order valence-electron chi connectivity index (χ3n) is 2.92. The molecule has 1 saturated heterocycles. The number of hydrogen-bond acceptors (Lipinski definition) is 3.